The maximum absolute atomic E-state index is 12.5. The summed E-state index contributed by atoms with van der Waals surface area (Å²) in [5, 5.41) is 1.22. The Balaban J connectivity index is 1.69. The van der Waals surface area contributed by atoms with Crippen LogP contribution in [0.25, 0.3) is 10.9 Å². The van der Waals surface area contributed by atoms with E-state index >= 15 is 0 Å². The van der Waals surface area contributed by atoms with E-state index in [4.69, 9.17) is 4.98 Å². The largest absolute Gasteiger partial charge is 0.340 e. The molecule has 1 fully saturated rings. The number of aryl methyl sites for hydroxylation is 1. The number of benzene rings is 1. The summed E-state index contributed by atoms with van der Waals surface area (Å²) >= 11 is 3.55. The molecule has 5 heteroatoms. The van der Waals surface area contributed by atoms with E-state index in [9.17, 15) is 4.79 Å². The molecule has 3 rings (SSSR count). The van der Waals surface area contributed by atoms with Crippen LogP contribution < -0.4 is 0 Å². The Labute approximate surface area is 171 Å². The Hall–Kier alpha value is -1.46. The van der Waals surface area contributed by atoms with Crippen LogP contribution in [0.5, 0.6) is 0 Å². The molecule has 1 aliphatic rings. The summed E-state index contributed by atoms with van der Waals surface area (Å²) in [7, 11) is 0. The van der Waals surface area contributed by atoms with Crippen LogP contribution in [0.3, 0.4) is 0 Å². The lowest BCUT2D eigenvalue weighted by atomic mass is 9.91. The molecule has 1 amide bonds. The van der Waals surface area contributed by atoms with Crippen molar-refractivity contribution in [2.75, 3.05) is 26.2 Å². The summed E-state index contributed by atoms with van der Waals surface area (Å²) in [6, 6.07) is 8.58. The number of piperazine rings is 1. The molecule has 146 valence electrons. The minimum Gasteiger partial charge on any atom is -0.340 e. The number of rotatable bonds is 4. The molecule has 0 atom stereocenters. The van der Waals surface area contributed by atoms with Crippen molar-refractivity contribution in [1.82, 2.24) is 14.8 Å². The molecular weight excluding hydrogens is 402 g/mol. The first-order chi connectivity index (χ1) is 12.7. The second kappa shape index (κ2) is 8.27. The number of halogens is 1. The smallest absolute Gasteiger partial charge is 0.223 e. The van der Waals surface area contributed by atoms with Gasteiger partial charge >= 0.3 is 0 Å². The van der Waals surface area contributed by atoms with Gasteiger partial charge in [0.05, 0.1) is 5.52 Å². The number of nitrogens with zero attached hydrogens (tertiary/aromatic N) is 3. The Bertz CT molecular complexity index is 820. The van der Waals surface area contributed by atoms with Crippen molar-refractivity contribution in [3.8, 4) is 0 Å². The molecule has 0 spiro atoms. The molecule has 1 aliphatic heterocycles. The average Bonchev–Trinajstić information content (AvgIpc) is 2.60. The molecule has 1 aromatic carbocycles. The maximum Gasteiger partial charge on any atom is 0.223 e. The van der Waals surface area contributed by atoms with Crippen molar-refractivity contribution >= 4 is 32.7 Å². The minimum absolute atomic E-state index is 0.0506. The van der Waals surface area contributed by atoms with Crippen molar-refractivity contribution in [3.05, 3.63) is 40.0 Å². The number of pyridine rings is 1. The third-order valence-electron chi connectivity index (χ3n) is 5.07. The quantitative estimate of drug-likeness (QED) is 0.706. The Morgan fingerprint density at radius 3 is 2.48 bits per heavy atom. The van der Waals surface area contributed by atoms with Gasteiger partial charge in [-0.2, -0.15) is 0 Å². The summed E-state index contributed by atoms with van der Waals surface area (Å²) in [6.07, 6.45) is 1.56. The summed E-state index contributed by atoms with van der Waals surface area (Å²) < 4.78 is 1.06. The second-order valence-electron chi connectivity index (χ2n) is 8.68. The number of aromatic nitrogens is 1. The molecule has 27 heavy (non-hydrogen) atoms. The molecular formula is C22H30BrN3O. The van der Waals surface area contributed by atoms with E-state index in [0.717, 1.165) is 54.8 Å². The van der Waals surface area contributed by atoms with Gasteiger partial charge in [0, 0.05) is 54.7 Å². The van der Waals surface area contributed by atoms with E-state index < -0.39 is 0 Å². The minimum atomic E-state index is 0.0506. The number of amides is 1. The first-order valence-corrected chi connectivity index (χ1v) is 10.6. The van der Waals surface area contributed by atoms with Crippen LogP contribution in [0.2, 0.25) is 0 Å². The van der Waals surface area contributed by atoms with Crippen molar-refractivity contribution in [1.29, 1.82) is 0 Å². The Morgan fingerprint density at radius 1 is 1.15 bits per heavy atom. The van der Waals surface area contributed by atoms with Crippen LogP contribution in [0.1, 0.15) is 45.4 Å². The zero-order valence-electron chi connectivity index (χ0n) is 16.9. The predicted molar refractivity (Wildman–Crippen MR) is 115 cm³/mol. The number of carbonyl (C=O) groups is 1. The van der Waals surface area contributed by atoms with E-state index in [-0.39, 0.29) is 11.3 Å². The predicted octanol–water partition coefficient (Wildman–Crippen LogP) is 4.64. The van der Waals surface area contributed by atoms with Crippen molar-refractivity contribution in [2.45, 2.75) is 47.1 Å². The zero-order valence-corrected chi connectivity index (χ0v) is 18.5. The van der Waals surface area contributed by atoms with Gasteiger partial charge in [0.1, 0.15) is 0 Å². The normalized spacial score (nSPS) is 16.1. The maximum atomic E-state index is 12.5. The third kappa shape index (κ3) is 5.29. The highest BCUT2D eigenvalue weighted by atomic mass is 79.9. The van der Waals surface area contributed by atoms with Crippen LogP contribution in [0.4, 0.5) is 0 Å². The molecule has 2 aromatic rings. The highest BCUT2D eigenvalue weighted by Gasteiger charge is 2.25. The summed E-state index contributed by atoms with van der Waals surface area (Å²) in [5.74, 6) is 0.287. The van der Waals surface area contributed by atoms with Gasteiger partial charge in [-0.05, 0) is 35.6 Å². The molecule has 2 heterocycles. The molecule has 1 saturated heterocycles. The molecule has 0 aliphatic carbocycles. The van der Waals surface area contributed by atoms with E-state index in [0.29, 0.717) is 6.42 Å². The Morgan fingerprint density at radius 2 is 1.85 bits per heavy atom. The van der Waals surface area contributed by atoms with Gasteiger partial charge < -0.3 is 4.90 Å². The van der Waals surface area contributed by atoms with Crippen LogP contribution >= 0.6 is 15.9 Å². The van der Waals surface area contributed by atoms with E-state index in [1.165, 1.54) is 10.9 Å². The first-order valence-electron chi connectivity index (χ1n) is 9.83. The standard InChI is InChI=1S/C22H30BrN3O/c1-5-18-12-16(19-7-6-17(23)13-20(19)24-18)15-25-8-10-26(11-9-25)21(27)14-22(2,3)4/h6-7,12-13H,5,8-11,14-15H2,1-4H3. The molecule has 0 unspecified atom stereocenters. The van der Waals surface area contributed by atoms with Gasteiger partial charge in [-0.15, -0.1) is 0 Å². The average molecular weight is 432 g/mol. The van der Waals surface area contributed by atoms with Gasteiger partial charge in [-0.1, -0.05) is 49.7 Å². The van der Waals surface area contributed by atoms with Crippen molar-refractivity contribution in [2.24, 2.45) is 5.41 Å². The fourth-order valence-corrected chi connectivity index (χ4v) is 3.96. The van der Waals surface area contributed by atoms with Crippen LogP contribution in [0.15, 0.2) is 28.7 Å². The van der Waals surface area contributed by atoms with Crippen molar-refractivity contribution in [3.63, 3.8) is 0 Å². The van der Waals surface area contributed by atoms with Gasteiger partial charge in [-0.25, -0.2) is 0 Å². The fraction of sp³-hybridized carbons (Fsp3) is 0.545. The van der Waals surface area contributed by atoms with Crippen LogP contribution in [-0.4, -0.2) is 46.9 Å². The molecule has 0 radical (unpaired) electrons. The first kappa shape index (κ1) is 20.3. The van der Waals surface area contributed by atoms with E-state index in [2.05, 4.69) is 72.8 Å². The Kier molecular flexibility index (Phi) is 6.21. The van der Waals surface area contributed by atoms with Gasteiger partial charge in [0.25, 0.3) is 0 Å². The topological polar surface area (TPSA) is 36.4 Å². The molecule has 4 nitrogen and oxygen atoms in total. The van der Waals surface area contributed by atoms with E-state index in [1.54, 1.807) is 0 Å². The molecule has 0 saturated carbocycles. The van der Waals surface area contributed by atoms with Gasteiger partial charge in [-0.3, -0.25) is 14.7 Å². The second-order valence-corrected chi connectivity index (χ2v) is 9.60. The highest BCUT2D eigenvalue weighted by Crippen LogP contribution is 2.25. The fourth-order valence-electron chi connectivity index (χ4n) is 3.61. The highest BCUT2D eigenvalue weighted by molar-refractivity contribution is 9.10. The SMILES string of the molecule is CCc1cc(CN2CCN(C(=O)CC(C)(C)C)CC2)c2ccc(Br)cc2n1. The summed E-state index contributed by atoms with van der Waals surface area (Å²) in [5.41, 5.74) is 3.57. The summed E-state index contributed by atoms with van der Waals surface area (Å²) in [6.45, 7) is 12.9. The van der Waals surface area contributed by atoms with Crippen molar-refractivity contribution < 1.29 is 4.79 Å². The number of fused-ring (bicyclic) bond motifs is 1. The third-order valence-corrected chi connectivity index (χ3v) is 5.57. The lowest BCUT2D eigenvalue weighted by Crippen LogP contribution is -2.48. The number of hydrogen-bond acceptors (Lipinski definition) is 3. The molecule has 1 aromatic heterocycles. The monoisotopic (exact) mass is 431 g/mol. The molecule has 0 N–H and O–H groups in total. The zero-order chi connectivity index (χ0) is 19.6. The van der Waals surface area contributed by atoms with Gasteiger partial charge in [0.15, 0.2) is 0 Å². The molecule has 0 bridgehead atoms. The van der Waals surface area contributed by atoms with Crippen LogP contribution in [-0.2, 0) is 17.8 Å². The van der Waals surface area contributed by atoms with Crippen LogP contribution in [0, 0.1) is 5.41 Å². The lowest BCUT2D eigenvalue weighted by molar-refractivity contribution is -0.134. The number of hydrogen-bond donors (Lipinski definition) is 0. The number of carbonyl (C=O) groups excluding carboxylic acids is 1. The summed E-state index contributed by atoms with van der Waals surface area (Å²) in [4.78, 5) is 21.7. The van der Waals surface area contributed by atoms with E-state index in [1.807, 2.05) is 4.90 Å². The lowest BCUT2D eigenvalue weighted by Gasteiger charge is -2.36. The van der Waals surface area contributed by atoms with Gasteiger partial charge in [0.2, 0.25) is 5.91 Å².